The maximum Gasteiger partial charge on any atom is 0.434 e. The molecule has 3 aromatic rings. The number of amides is 1. The lowest BCUT2D eigenvalue weighted by molar-refractivity contribution is -0.267. The average molecular weight is 606 g/mol. The van der Waals surface area contributed by atoms with Gasteiger partial charge in [0.25, 0.3) is 0 Å². The summed E-state index contributed by atoms with van der Waals surface area (Å²) in [5.41, 5.74) is -6.92. The van der Waals surface area contributed by atoms with E-state index in [9.17, 15) is 49.4 Å². The van der Waals surface area contributed by atoms with Crippen LogP contribution in [0.25, 0.3) is 9.88 Å². The third kappa shape index (κ3) is 4.83. The molecule has 0 aliphatic carbocycles. The molecule has 0 spiro atoms. The molecule has 39 heavy (non-hydrogen) atoms. The molecule has 0 bridgehead atoms. The average Bonchev–Trinajstić information content (AvgIpc) is 3.55. The van der Waals surface area contributed by atoms with E-state index in [-0.39, 0.29) is 42.6 Å². The number of aliphatic hydroxyl groups is 1. The minimum atomic E-state index is -5.19. The van der Waals surface area contributed by atoms with E-state index in [1.807, 2.05) is 0 Å². The zero-order valence-electron chi connectivity index (χ0n) is 19.1. The number of nitrogens with zero attached hydrogens (tertiary/aromatic N) is 4. The second-order valence-electron chi connectivity index (χ2n) is 8.91. The number of rotatable bonds is 3. The smallest absolute Gasteiger partial charge is 0.376 e. The summed E-state index contributed by atoms with van der Waals surface area (Å²) in [7, 11) is 0. The third-order valence-electron chi connectivity index (χ3n) is 6.38. The topological polar surface area (TPSA) is 107 Å². The lowest BCUT2D eigenvalue weighted by Gasteiger charge is -2.36. The van der Waals surface area contributed by atoms with E-state index in [2.05, 4.69) is 25.5 Å². The number of aromatic amines is 1. The summed E-state index contributed by atoms with van der Waals surface area (Å²) in [4.78, 5) is 19.5. The molecule has 3 N–H and O–H groups in total. The molecule has 8 nitrogen and oxygen atoms in total. The third-order valence-corrected chi connectivity index (χ3v) is 8.49. The summed E-state index contributed by atoms with van der Waals surface area (Å²) in [6.45, 7) is 0.0536. The standard InChI is InChI=1S/C20H15F9N6O2S2/c21-18(22,23)8-6-38-15(30-8)12-13(19(24,25)26)32-16(39-12)35-3-1-7(2-4-35)11-10-14(34-33-11)31-9(36)5-17(10,37)20(27,28)29/h6-7,37H,1-5H2,(H2,31,33,34,36). The fourth-order valence-corrected chi connectivity index (χ4v) is 6.60. The van der Waals surface area contributed by atoms with Gasteiger partial charge in [0.2, 0.25) is 5.91 Å². The van der Waals surface area contributed by atoms with Crippen LogP contribution < -0.4 is 10.2 Å². The SMILES string of the molecule is O=C1CC(O)(C(F)(F)F)c2c(C3CCN(c4nc(C(F)(F)F)c(-c5nc(C(F)(F)F)cs5)s4)CC3)n[nH]c2N1. The lowest BCUT2D eigenvalue weighted by atomic mass is 9.81. The fraction of sp³-hybridized carbons (Fsp3) is 0.500. The molecule has 0 radical (unpaired) electrons. The van der Waals surface area contributed by atoms with Gasteiger partial charge in [-0.05, 0) is 12.8 Å². The molecule has 2 aliphatic rings. The molecule has 5 rings (SSSR count). The molecule has 5 heterocycles. The Balaban J connectivity index is 1.40. The van der Waals surface area contributed by atoms with Crippen LogP contribution in [0.2, 0.25) is 0 Å². The van der Waals surface area contributed by atoms with Crippen molar-refractivity contribution < 1.29 is 49.4 Å². The number of H-pyrrole nitrogens is 1. The molecule has 19 heteroatoms. The maximum atomic E-state index is 13.8. The van der Waals surface area contributed by atoms with Gasteiger partial charge in [0.05, 0.1) is 22.6 Å². The van der Waals surface area contributed by atoms with Gasteiger partial charge in [0, 0.05) is 24.4 Å². The molecule has 1 amide bonds. The lowest BCUT2D eigenvalue weighted by Crippen LogP contribution is -2.48. The number of nitrogens with one attached hydrogen (secondary N) is 2. The molecule has 0 saturated carbocycles. The summed E-state index contributed by atoms with van der Waals surface area (Å²) in [5.74, 6) is -2.10. The quantitative estimate of drug-likeness (QED) is 0.340. The molecule has 1 fully saturated rings. The summed E-state index contributed by atoms with van der Waals surface area (Å²) in [5, 5.41) is 18.9. The Morgan fingerprint density at radius 3 is 2.26 bits per heavy atom. The van der Waals surface area contributed by atoms with Gasteiger partial charge in [-0.3, -0.25) is 9.89 Å². The Bertz CT molecular complexity index is 1400. The first-order valence-electron chi connectivity index (χ1n) is 11.0. The van der Waals surface area contributed by atoms with Gasteiger partial charge in [0.1, 0.15) is 10.8 Å². The van der Waals surface area contributed by atoms with Gasteiger partial charge in [-0.2, -0.15) is 44.6 Å². The van der Waals surface area contributed by atoms with Crippen molar-refractivity contribution in [2.45, 2.75) is 49.3 Å². The Morgan fingerprint density at radius 2 is 1.69 bits per heavy atom. The Hall–Kier alpha value is -2.93. The van der Waals surface area contributed by atoms with Crippen molar-refractivity contribution in [2.24, 2.45) is 0 Å². The molecule has 1 unspecified atom stereocenters. The number of anilines is 2. The van der Waals surface area contributed by atoms with Crippen LogP contribution in [0.15, 0.2) is 5.38 Å². The summed E-state index contributed by atoms with van der Waals surface area (Å²) in [6, 6.07) is 0. The highest BCUT2D eigenvalue weighted by molar-refractivity contribution is 7.23. The van der Waals surface area contributed by atoms with E-state index in [1.54, 1.807) is 0 Å². The number of alkyl halides is 9. The number of fused-ring (bicyclic) bond motifs is 1. The number of carbonyl (C=O) groups is 1. The van der Waals surface area contributed by atoms with Crippen LogP contribution in [0, 0.1) is 0 Å². The van der Waals surface area contributed by atoms with Crippen molar-refractivity contribution in [3.63, 3.8) is 0 Å². The number of hydrogen-bond acceptors (Lipinski definition) is 8. The Kier molecular flexibility index (Phi) is 6.41. The van der Waals surface area contributed by atoms with Crippen molar-refractivity contribution in [3.05, 3.63) is 28.0 Å². The van der Waals surface area contributed by atoms with E-state index in [4.69, 9.17) is 0 Å². The zero-order valence-corrected chi connectivity index (χ0v) is 20.7. The van der Waals surface area contributed by atoms with Crippen molar-refractivity contribution in [1.29, 1.82) is 0 Å². The molecular formula is C20H15F9N6O2S2. The zero-order chi connectivity index (χ0) is 28.5. The first-order chi connectivity index (χ1) is 18.0. The summed E-state index contributed by atoms with van der Waals surface area (Å²) < 4.78 is 121. The van der Waals surface area contributed by atoms with Crippen molar-refractivity contribution in [2.75, 3.05) is 23.3 Å². The minimum Gasteiger partial charge on any atom is -0.376 e. The highest BCUT2D eigenvalue weighted by Crippen LogP contribution is 2.50. The number of halogens is 9. The second kappa shape index (κ2) is 9.05. The number of aromatic nitrogens is 4. The van der Waals surface area contributed by atoms with Crippen LogP contribution in [0.5, 0.6) is 0 Å². The largest absolute Gasteiger partial charge is 0.434 e. The van der Waals surface area contributed by atoms with Crippen molar-refractivity contribution in [1.82, 2.24) is 20.2 Å². The molecule has 1 saturated heterocycles. The highest BCUT2D eigenvalue weighted by Gasteiger charge is 2.61. The maximum absolute atomic E-state index is 13.8. The molecule has 2 aliphatic heterocycles. The molecule has 0 aromatic carbocycles. The predicted molar refractivity (Wildman–Crippen MR) is 119 cm³/mol. The minimum absolute atomic E-state index is 0.0268. The fourth-order valence-electron chi connectivity index (χ4n) is 4.54. The Morgan fingerprint density at radius 1 is 1.03 bits per heavy atom. The van der Waals surface area contributed by atoms with E-state index in [1.165, 1.54) is 4.90 Å². The van der Waals surface area contributed by atoms with Gasteiger partial charge in [-0.1, -0.05) is 11.3 Å². The van der Waals surface area contributed by atoms with Gasteiger partial charge < -0.3 is 15.3 Å². The normalized spacial score (nSPS) is 21.3. The molecular weight excluding hydrogens is 591 g/mol. The number of thiazole rings is 2. The molecule has 3 aromatic heterocycles. The predicted octanol–water partition coefficient (Wildman–Crippen LogP) is 5.50. The Labute approximate surface area is 219 Å². The number of carbonyl (C=O) groups excluding carboxylic acids is 1. The van der Waals surface area contributed by atoms with Crippen LogP contribution in [0.4, 0.5) is 50.5 Å². The van der Waals surface area contributed by atoms with Crippen molar-refractivity contribution >= 4 is 39.5 Å². The van der Waals surface area contributed by atoms with Crippen LogP contribution in [0.1, 0.15) is 47.8 Å². The van der Waals surface area contributed by atoms with Gasteiger partial charge in [-0.25, -0.2) is 9.97 Å². The van der Waals surface area contributed by atoms with Gasteiger partial charge in [0.15, 0.2) is 22.1 Å². The molecule has 1 atom stereocenters. The molecule has 212 valence electrons. The highest BCUT2D eigenvalue weighted by atomic mass is 32.1. The number of piperidine rings is 1. The van der Waals surface area contributed by atoms with E-state index in [0.29, 0.717) is 28.1 Å². The van der Waals surface area contributed by atoms with Gasteiger partial charge in [-0.15, -0.1) is 11.3 Å². The monoisotopic (exact) mass is 606 g/mol. The van der Waals surface area contributed by atoms with Crippen LogP contribution in [0.3, 0.4) is 0 Å². The first kappa shape index (κ1) is 27.6. The van der Waals surface area contributed by atoms with Gasteiger partial charge >= 0.3 is 18.5 Å². The van der Waals surface area contributed by atoms with E-state index >= 15 is 0 Å². The second-order valence-corrected chi connectivity index (χ2v) is 10.7. The van der Waals surface area contributed by atoms with Crippen molar-refractivity contribution in [3.8, 4) is 9.88 Å². The number of hydrogen-bond donors (Lipinski definition) is 3. The van der Waals surface area contributed by atoms with Crippen LogP contribution in [-0.2, 0) is 22.7 Å². The van der Waals surface area contributed by atoms with E-state index in [0.717, 1.165) is 0 Å². The van der Waals surface area contributed by atoms with Crippen LogP contribution >= 0.6 is 22.7 Å². The summed E-state index contributed by atoms with van der Waals surface area (Å²) >= 11 is 0.909. The van der Waals surface area contributed by atoms with E-state index < -0.39 is 69.2 Å². The van der Waals surface area contributed by atoms with Crippen LogP contribution in [-0.4, -0.2) is 50.4 Å². The summed E-state index contributed by atoms with van der Waals surface area (Å²) in [6.07, 6.45) is -16.1. The first-order valence-corrected chi connectivity index (χ1v) is 12.7.